The van der Waals surface area contributed by atoms with Crippen molar-refractivity contribution in [2.24, 2.45) is 0 Å². The van der Waals surface area contributed by atoms with Crippen LogP contribution >= 0.6 is 0 Å². The van der Waals surface area contributed by atoms with Crippen molar-refractivity contribution in [2.75, 3.05) is 27.4 Å². The van der Waals surface area contributed by atoms with Crippen molar-refractivity contribution in [3.05, 3.63) is 23.8 Å². The van der Waals surface area contributed by atoms with Gasteiger partial charge in [0.25, 0.3) is 0 Å². The number of rotatable bonds is 6. The topological polar surface area (TPSA) is 85.2 Å². The Kier molecular flexibility index (Phi) is 5.41. The summed E-state index contributed by atoms with van der Waals surface area (Å²) in [6.07, 6.45) is -0.989. The van der Waals surface area contributed by atoms with E-state index in [1.165, 1.54) is 20.3 Å². The average Bonchev–Trinajstić information content (AvgIpc) is 2.43. The second-order valence-corrected chi connectivity index (χ2v) is 3.50. The molecule has 6 nitrogen and oxygen atoms in total. The van der Waals surface area contributed by atoms with Crippen LogP contribution in [0.25, 0.3) is 0 Å². The van der Waals surface area contributed by atoms with Crippen LogP contribution in [0.15, 0.2) is 18.2 Å². The SMILES string of the molecule is COC(=O)c1ccc(OC)c(OCC(O)CO)c1. The van der Waals surface area contributed by atoms with E-state index in [1.807, 2.05) is 0 Å². The van der Waals surface area contributed by atoms with Crippen LogP contribution in [0.2, 0.25) is 0 Å². The van der Waals surface area contributed by atoms with Crippen molar-refractivity contribution in [1.29, 1.82) is 0 Å². The molecule has 0 bridgehead atoms. The molecular formula is C12H16O6. The van der Waals surface area contributed by atoms with E-state index in [1.54, 1.807) is 12.1 Å². The molecule has 0 heterocycles. The van der Waals surface area contributed by atoms with Crippen molar-refractivity contribution in [3.8, 4) is 11.5 Å². The quantitative estimate of drug-likeness (QED) is 0.708. The summed E-state index contributed by atoms with van der Waals surface area (Å²) < 4.78 is 14.9. The Morgan fingerprint density at radius 3 is 2.61 bits per heavy atom. The first-order chi connectivity index (χ1) is 8.62. The fourth-order valence-corrected chi connectivity index (χ4v) is 1.27. The number of carbonyl (C=O) groups excluding carboxylic acids is 1. The van der Waals surface area contributed by atoms with Gasteiger partial charge >= 0.3 is 5.97 Å². The molecule has 0 aromatic heterocycles. The molecule has 18 heavy (non-hydrogen) atoms. The number of hydrogen-bond donors (Lipinski definition) is 2. The third-order valence-electron chi connectivity index (χ3n) is 2.23. The molecule has 2 N–H and O–H groups in total. The van der Waals surface area contributed by atoms with Crippen molar-refractivity contribution in [2.45, 2.75) is 6.10 Å². The molecule has 0 amide bonds. The van der Waals surface area contributed by atoms with Crippen LogP contribution in [0.1, 0.15) is 10.4 Å². The summed E-state index contributed by atoms with van der Waals surface area (Å²) >= 11 is 0. The zero-order valence-electron chi connectivity index (χ0n) is 10.3. The first-order valence-electron chi connectivity index (χ1n) is 5.30. The van der Waals surface area contributed by atoms with Gasteiger partial charge in [-0.2, -0.15) is 0 Å². The van der Waals surface area contributed by atoms with Gasteiger partial charge in [-0.1, -0.05) is 0 Å². The maximum atomic E-state index is 11.4. The summed E-state index contributed by atoms with van der Waals surface area (Å²) in [5.74, 6) is 0.228. The molecule has 0 radical (unpaired) electrons. The fourth-order valence-electron chi connectivity index (χ4n) is 1.27. The first-order valence-corrected chi connectivity index (χ1v) is 5.30. The van der Waals surface area contributed by atoms with Crippen LogP contribution in [-0.4, -0.2) is 49.7 Å². The largest absolute Gasteiger partial charge is 0.493 e. The summed E-state index contributed by atoms with van der Waals surface area (Å²) in [5, 5.41) is 17.9. The van der Waals surface area contributed by atoms with Gasteiger partial charge in [-0.15, -0.1) is 0 Å². The lowest BCUT2D eigenvalue weighted by Gasteiger charge is -2.13. The first kappa shape index (κ1) is 14.3. The molecule has 0 aliphatic rings. The number of ether oxygens (including phenoxy) is 3. The lowest BCUT2D eigenvalue weighted by molar-refractivity contribution is 0.0524. The minimum atomic E-state index is -0.989. The molecular weight excluding hydrogens is 240 g/mol. The number of methoxy groups -OCH3 is 2. The summed E-state index contributed by atoms with van der Waals surface area (Å²) in [5.41, 5.74) is 0.312. The summed E-state index contributed by atoms with van der Waals surface area (Å²) in [4.78, 5) is 11.4. The minimum absolute atomic E-state index is 0.0997. The van der Waals surface area contributed by atoms with Gasteiger partial charge in [0.15, 0.2) is 11.5 Å². The molecule has 0 aliphatic carbocycles. The highest BCUT2D eigenvalue weighted by atomic mass is 16.5. The summed E-state index contributed by atoms with van der Waals surface area (Å²) in [6, 6.07) is 4.56. The standard InChI is InChI=1S/C12H16O6/c1-16-10-4-3-8(12(15)17-2)5-11(10)18-7-9(14)6-13/h3-5,9,13-14H,6-7H2,1-2H3. The fraction of sp³-hybridized carbons (Fsp3) is 0.417. The lowest BCUT2D eigenvalue weighted by atomic mass is 10.2. The third kappa shape index (κ3) is 3.61. The van der Waals surface area contributed by atoms with Gasteiger partial charge in [0.2, 0.25) is 0 Å². The van der Waals surface area contributed by atoms with Gasteiger partial charge in [0.1, 0.15) is 12.7 Å². The number of carbonyl (C=O) groups is 1. The van der Waals surface area contributed by atoms with Gasteiger partial charge in [0, 0.05) is 0 Å². The van der Waals surface area contributed by atoms with Crippen LogP contribution in [-0.2, 0) is 4.74 Å². The highest BCUT2D eigenvalue weighted by Crippen LogP contribution is 2.28. The molecule has 0 saturated heterocycles. The molecule has 1 rings (SSSR count). The smallest absolute Gasteiger partial charge is 0.337 e. The molecule has 0 saturated carbocycles. The molecule has 6 heteroatoms. The monoisotopic (exact) mass is 256 g/mol. The molecule has 0 spiro atoms. The van der Waals surface area contributed by atoms with Crippen molar-refractivity contribution >= 4 is 5.97 Å². The van der Waals surface area contributed by atoms with E-state index in [2.05, 4.69) is 4.74 Å². The Hall–Kier alpha value is -1.79. The van der Waals surface area contributed by atoms with Crippen LogP contribution in [0, 0.1) is 0 Å². The van der Waals surface area contributed by atoms with Gasteiger partial charge < -0.3 is 24.4 Å². The Bertz CT molecular complexity index is 404. The van der Waals surface area contributed by atoms with Gasteiger partial charge in [-0.3, -0.25) is 0 Å². The lowest BCUT2D eigenvalue weighted by Crippen LogP contribution is -2.21. The molecule has 100 valence electrons. The van der Waals surface area contributed by atoms with Crippen molar-refractivity contribution in [1.82, 2.24) is 0 Å². The minimum Gasteiger partial charge on any atom is -0.493 e. The zero-order chi connectivity index (χ0) is 13.5. The number of esters is 1. The van der Waals surface area contributed by atoms with E-state index in [4.69, 9.17) is 14.6 Å². The number of benzene rings is 1. The number of hydrogen-bond acceptors (Lipinski definition) is 6. The van der Waals surface area contributed by atoms with E-state index in [9.17, 15) is 9.90 Å². The Morgan fingerprint density at radius 2 is 2.06 bits per heavy atom. The molecule has 1 aromatic carbocycles. The van der Waals surface area contributed by atoms with Crippen molar-refractivity contribution < 1.29 is 29.2 Å². The number of aliphatic hydroxyl groups excluding tert-OH is 2. The highest BCUT2D eigenvalue weighted by molar-refractivity contribution is 5.90. The number of aliphatic hydroxyl groups is 2. The molecule has 0 aliphatic heterocycles. The summed E-state index contributed by atoms with van der Waals surface area (Å²) in [7, 11) is 2.74. The average molecular weight is 256 g/mol. The van der Waals surface area contributed by atoms with E-state index >= 15 is 0 Å². The summed E-state index contributed by atoms with van der Waals surface area (Å²) in [6.45, 7) is -0.503. The maximum Gasteiger partial charge on any atom is 0.337 e. The second-order valence-electron chi connectivity index (χ2n) is 3.50. The predicted octanol–water partition coefficient (Wildman–Crippen LogP) is 0.214. The van der Waals surface area contributed by atoms with E-state index in [-0.39, 0.29) is 6.61 Å². The van der Waals surface area contributed by atoms with Gasteiger partial charge in [0.05, 0.1) is 26.4 Å². The Balaban J connectivity index is 2.88. The normalized spacial score (nSPS) is 11.8. The molecule has 1 atom stereocenters. The Labute approximate surface area is 105 Å². The van der Waals surface area contributed by atoms with E-state index < -0.39 is 18.7 Å². The zero-order valence-corrected chi connectivity index (χ0v) is 10.3. The third-order valence-corrected chi connectivity index (χ3v) is 2.23. The van der Waals surface area contributed by atoms with Crippen molar-refractivity contribution in [3.63, 3.8) is 0 Å². The van der Waals surface area contributed by atoms with Crippen LogP contribution < -0.4 is 9.47 Å². The van der Waals surface area contributed by atoms with Gasteiger partial charge in [-0.05, 0) is 18.2 Å². The molecule has 0 fully saturated rings. The maximum absolute atomic E-state index is 11.4. The molecule has 1 aromatic rings. The van der Waals surface area contributed by atoms with E-state index in [0.717, 1.165) is 0 Å². The molecule has 1 unspecified atom stereocenters. The highest BCUT2D eigenvalue weighted by Gasteiger charge is 2.12. The van der Waals surface area contributed by atoms with E-state index in [0.29, 0.717) is 17.1 Å². The van der Waals surface area contributed by atoms with Gasteiger partial charge in [-0.25, -0.2) is 4.79 Å². The Morgan fingerprint density at radius 1 is 1.33 bits per heavy atom. The predicted molar refractivity (Wildman–Crippen MR) is 62.9 cm³/mol. The van der Waals surface area contributed by atoms with Crippen LogP contribution in [0.5, 0.6) is 11.5 Å². The van der Waals surface area contributed by atoms with Crippen LogP contribution in [0.3, 0.4) is 0 Å². The second kappa shape index (κ2) is 6.83. The van der Waals surface area contributed by atoms with Crippen LogP contribution in [0.4, 0.5) is 0 Å².